The summed E-state index contributed by atoms with van der Waals surface area (Å²) < 4.78 is 4.58. The molecule has 1 rings (SSSR count). The predicted molar refractivity (Wildman–Crippen MR) is 41.7 cm³/mol. The van der Waals surface area contributed by atoms with Crippen LogP contribution in [-0.2, 0) is 9.53 Å². The minimum atomic E-state index is -0.242. The van der Waals surface area contributed by atoms with E-state index in [9.17, 15) is 4.79 Å². The number of hydrogen-bond acceptors (Lipinski definition) is 3. The highest BCUT2D eigenvalue weighted by molar-refractivity contribution is 6.00. The van der Waals surface area contributed by atoms with Crippen molar-refractivity contribution in [2.24, 2.45) is 5.92 Å². The minimum Gasteiger partial charge on any atom is -0.469 e. The van der Waals surface area contributed by atoms with Crippen LogP contribution < -0.4 is 0 Å². The van der Waals surface area contributed by atoms with Gasteiger partial charge in [-0.05, 0) is 19.3 Å². The number of esters is 1. The van der Waals surface area contributed by atoms with E-state index in [1.807, 2.05) is 0 Å². The van der Waals surface area contributed by atoms with Crippen molar-refractivity contribution in [3.05, 3.63) is 0 Å². The van der Waals surface area contributed by atoms with E-state index < -0.39 is 0 Å². The second-order valence-corrected chi connectivity index (χ2v) is 2.85. The molecular formula is C8H13NO2. The fourth-order valence-electron chi connectivity index (χ4n) is 1.41. The quantitative estimate of drug-likeness (QED) is 0.581. The van der Waals surface area contributed by atoms with E-state index in [1.54, 1.807) is 0 Å². The molecule has 0 aliphatic heterocycles. The summed E-state index contributed by atoms with van der Waals surface area (Å²) in [7, 11) is 1.38. The van der Waals surface area contributed by atoms with Crippen molar-refractivity contribution < 1.29 is 9.53 Å². The first-order valence-corrected chi connectivity index (χ1v) is 3.91. The van der Waals surface area contributed by atoms with E-state index in [-0.39, 0.29) is 11.9 Å². The Morgan fingerprint density at radius 2 is 2.36 bits per heavy atom. The average Bonchev–Trinajstić information content (AvgIpc) is 2.04. The zero-order valence-corrected chi connectivity index (χ0v) is 6.72. The largest absolute Gasteiger partial charge is 0.469 e. The Bertz CT molecular complexity index is 169. The number of carbonyl (C=O) groups is 1. The van der Waals surface area contributed by atoms with Gasteiger partial charge >= 0.3 is 5.97 Å². The smallest absolute Gasteiger partial charge is 0.314 e. The summed E-state index contributed by atoms with van der Waals surface area (Å²) in [5, 5.41) is 7.48. The topological polar surface area (TPSA) is 50.2 Å². The predicted octanol–water partition coefficient (Wildman–Crippen LogP) is 1.37. The summed E-state index contributed by atoms with van der Waals surface area (Å²) in [5.41, 5.74) is 0.545. The Kier molecular flexibility index (Phi) is 2.63. The molecule has 3 heteroatoms. The van der Waals surface area contributed by atoms with Gasteiger partial charge in [-0.25, -0.2) is 0 Å². The zero-order chi connectivity index (χ0) is 8.27. The Morgan fingerprint density at radius 3 is 2.91 bits per heavy atom. The van der Waals surface area contributed by atoms with Crippen LogP contribution >= 0.6 is 0 Å². The first-order chi connectivity index (χ1) is 5.25. The van der Waals surface area contributed by atoms with E-state index in [4.69, 9.17) is 5.41 Å². The SMILES string of the molecule is COC(=O)[C@@H]1CCCCC1=N. The first-order valence-electron chi connectivity index (χ1n) is 3.91. The summed E-state index contributed by atoms with van der Waals surface area (Å²) in [5.74, 6) is -0.483. The van der Waals surface area contributed by atoms with Crippen LogP contribution in [0.2, 0.25) is 0 Å². The van der Waals surface area contributed by atoms with E-state index in [0.717, 1.165) is 25.7 Å². The van der Waals surface area contributed by atoms with Crippen molar-refractivity contribution in [2.45, 2.75) is 25.7 Å². The van der Waals surface area contributed by atoms with Crippen LogP contribution in [-0.4, -0.2) is 18.8 Å². The Labute approximate surface area is 66.2 Å². The van der Waals surface area contributed by atoms with E-state index in [1.165, 1.54) is 7.11 Å². The summed E-state index contributed by atoms with van der Waals surface area (Å²) in [6.07, 6.45) is 3.65. The number of methoxy groups -OCH3 is 1. The molecule has 0 aromatic rings. The molecule has 1 atom stereocenters. The van der Waals surface area contributed by atoms with Crippen molar-refractivity contribution in [3.8, 4) is 0 Å². The number of hydrogen-bond donors (Lipinski definition) is 1. The summed E-state index contributed by atoms with van der Waals surface area (Å²) >= 11 is 0. The lowest BCUT2D eigenvalue weighted by Gasteiger charge is -2.19. The summed E-state index contributed by atoms with van der Waals surface area (Å²) in [4.78, 5) is 11.0. The van der Waals surface area contributed by atoms with Crippen molar-refractivity contribution in [2.75, 3.05) is 7.11 Å². The van der Waals surface area contributed by atoms with Gasteiger partial charge in [0.15, 0.2) is 0 Å². The van der Waals surface area contributed by atoms with Crippen LogP contribution in [0.25, 0.3) is 0 Å². The molecular weight excluding hydrogens is 142 g/mol. The number of nitrogens with one attached hydrogen (secondary N) is 1. The third kappa shape index (κ3) is 1.79. The fourth-order valence-corrected chi connectivity index (χ4v) is 1.41. The molecule has 0 aromatic heterocycles. The van der Waals surface area contributed by atoms with Crippen LogP contribution in [0.1, 0.15) is 25.7 Å². The van der Waals surface area contributed by atoms with Crippen molar-refractivity contribution >= 4 is 11.7 Å². The van der Waals surface area contributed by atoms with Gasteiger partial charge in [-0.2, -0.15) is 0 Å². The van der Waals surface area contributed by atoms with Crippen molar-refractivity contribution in [3.63, 3.8) is 0 Å². The van der Waals surface area contributed by atoms with Gasteiger partial charge in [-0.15, -0.1) is 0 Å². The summed E-state index contributed by atoms with van der Waals surface area (Å²) in [6, 6.07) is 0. The maximum atomic E-state index is 11.0. The van der Waals surface area contributed by atoms with Gasteiger partial charge in [-0.3, -0.25) is 4.79 Å². The molecule has 1 N–H and O–H groups in total. The van der Waals surface area contributed by atoms with Gasteiger partial charge in [0.05, 0.1) is 13.0 Å². The van der Waals surface area contributed by atoms with Crippen LogP contribution in [0.15, 0.2) is 0 Å². The van der Waals surface area contributed by atoms with E-state index in [2.05, 4.69) is 4.74 Å². The normalized spacial score (nSPS) is 24.8. The maximum Gasteiger partial charge on any atom is 0.314 e. The van der Waals surface area contributed by atoms with Crippen molar-refractivity contribution in [1.82, 2.24) is 0 Å². The van der Waals surface area contributed by atoms with E-state index in [0.29, 0.717) is 5.71 Å². The van der Waals surface area contributed by atoms with Crippen molar-refractivity contribution in [1.29, 1.82) is 5.41 Å². The van der Waals surface area contributed by atoms with Gasteiger partial charge in [0.2, 0.25) is 0 Å². The second-order valence-electron chi connectivity index (χ2n) is 2.85. The van der Waals surface area contributed by atoms with Crippen LogP contribution in [0, 0.1) is 11.3 Å². The monoisotopic (exact) mass is 155 g/mol. The molecule has 1 fully saturated rings. The standard InChI is InChI=1S/C8H13NO2/c1-11-8(10)6-4-2-3-5-7(6)9/h6,9H,2-5H2,1H3/t6-/m1/s1. The zero-order valence-electron chi connectivity index (χ0n) is 6.72. The minimum absolute atomic E-state index is 0.241. The third-order valence-corrected chi connectivity index (χ3v) is 2.10. The lowest BCUT2D eigenvalue weighted by molar-refractivity contribution is -0.143. The highest BCUT2D eigenvalue weighted by atomic mass is 16.5. The molecule has 1 saturated carbocycles. The number of ether oxygens (including phenoxy) is 1. The Balaban J connectivity index is 2.54. The molecule has 0 unspecified atom stereocenters. The van der Waals surface area contributed by atoms with Crippen LogP contribution in [0.4, 0.5) is 0 Å². The molecule has 0 bridgehead atoms. The Morgan fingerprint density at radius 1 is 1.64 bits per heavy atom. The fraction of sp³-hybridized carbons (Fsp3) is 0.750. The molecule has 0 spiro atoms. The maximum absolute atomic E-state index is 11.0. The third-order valence-electron chi connectivity index (χ3n) is 2.10. The molecule has 0 radical (unpaired) electrons. The van der Waals surface area contributed by atoms with Gasteiger partial charge in [0, 0.05) is 5.71 Å². The molecule has 0 amide bonds. The first kappa shape index (κ1) is 8.24. The van der Waals surface area contributed by atoms with E-state index >= 15 is 0 Å². The second kappa shape index (κ2) is 3.51. The summed E-state index contributed by atoms with van der Waals surface area (Å²) in [6.45, 7) is 0. The average molecular weight is 155 g/mol. The van der Waals surface area contributed by atoms with Gasteiger partial charge in [0.25, 0.3) is 0 Å². The molecule has 0 heterocycles. The molecule has 0 aromatic carbocycles. The molecule has 1 aliphatic carbocycles. The molecule has 3 nitrogen and oxygen atoms in total. The van der Waals surface area contributed by atoms with Gasteiger partial charge in [0.1, 0.15) is 0 Å². The number of carbonyl (C=O) groups excluding carboxylic acids is 1. The molecule has 0 saturated heterocycles. The lowest BCUT2D eigenvalue weighted by atomic mass is 9.87. The molecule has 11 heavy (non-hydrogen) atoms. The van der Waals surface area contributed by atoms with Crippen LogP contribution in [0.3, 0.4) is 0 Å². The highest BCUT2D eigenvalue weighted by Gasteiger charge is 2.26. The van der Waals surface area contributed by atoms with Gasteiger partial charge < -0.3 is 10.1 Å². The molecule has 62 valence electrons. The van der Waals surface area contributed by atoms with Crippen LogP contribution in [0.5, 0.6) is 0 Å². The Hall–Kier alpha value is -0.860. The number of rotatable bonds is 1. The molecule has 1 aliphatic rings. The highest BCUT2D eigenvalue weighted by Crippen LogP contribution is 2.21. The van der Waals surface area contributed by atoms with Gasteiger partial charge in [-0.1, -0.05) is 6.42 Å². The lowest BCUT2D eigenvalue weighted by Crippen LogP contribution is -2.27.